The van der Waals surface area contributed by atoms with E-state index >= 15 is 0 Å². The van der Waals surface area contributed by atoms with Crippen molar-refractivity contribution in [2.24, 2.45) is 5.73 Å². The third-order valence-corrected chi connectivity index (χ3v) is 3.14. The molecule has 18 heavy (non-hydrogen) atoms. The molecular weight excluding hydrogens is 245 g/mol. The molecule has 0 fully saturated rings. The van der Waals surface area contributed by atoms with E-state index in [1.165, 1.54) is 18.0 Å². The van der Waals surface area contributed by atoms with Crippen molar-refractivity contribution in [3.8, 4) is 0 Å². The SMILES string of the molecule is CN1C(=O)C(N)CCc2cc(C(F)(F)F)ccc21. The molecule has 1 aliphatic heterocycles. The predicted octanol–water partition coefficient (Wildman–Crippen LogP) is 1.94. The number of carbonyl (C=O) groups excluding carboxylic acids is 1. The second-order valence-corrected chi connectivity index (χ2v) is 4.38. The van der Waals surface area contributed by atoms with Gasteiger partial charge in [-0.05, 0) is 36.6 Å². The van der Waals surface area contributed by atoms with Gasteiger partial charge in [0, 0.05) is 12.7 Å². The first-order chi connectivity index (χ1) is 8.30. The normalized spacial score (nSPS) is 20.6. The van der Waals surface area contributed by atoms with Crippen LogP contribution in [-0.4, -0.2) is 19.0 Å². The summed E-state index contributed by atoms with van der Waals surface area (Å²) in [5.74, 6) is -0.270. The van der Waals surface area contributed by atoms with Crippen LogP contribution in [0.25, 0.3) is 0 Å². The van der Waals surface area contributed by atoms with E-state index in [4.69, 9.17) is 5.73 Å². The molecule has 0 radical (unpaired) electrons. The summed E-state index contributed by atoms with van der Waals surface area (Å²) in [5.41, 5.74) is 5.97. The van der Waals surface area contributed by atoms with Gasteiger partial charge >= 0.3 is 6.18 Å². The lowest BCUT2D eigenvalue weighted by atomic mass is 10.0. The molecule has 1 unspecified atom stereocenters. The highest BCUT2D eigenvalue weighted by atomic mass is 19.4. The molecule has 1 atom stereocenters. The molecule has 98 valence electrons. The number of carbonyl (C=O) groups is 1. The molecule has 2 rings (SSSR count). The number of halogens is 3. The quantitative estimate of drug-likeness (QED) is 0.773. The maximum atomic E-state index is 12.6. The lowest BCUT2D eigenvalue weighted by molar-refractivity contribution is -0.137. The van der Waals surface area contributed by atoms with E-state index in [-0.39, 0.29) is 5.91 Å². The number of alkyl halides is 3. The third-order valence-electron chi connectivity index (χ3n) is 3.14. The summed E-state index contributed by atoms with van der Waals surface area (Å²) in [6, 6.07) is 2.75. The van der Waals surface area contributed by atoms with E-state index in [0.717, 1.165) is 12.1 Å². The van der Waals surface area contributed by atoms with Crippen LogP contribution in [0.2, 0.25) is 0 Å². The number of nitrogens with zero attached hydrogens (tertiary/aromatic N) is 1. The highest BCUT2D eigenvalue weighted by molar-refractivity contribution is 5.98. The van der Waals surface area contributed by atoms with E-state index in [2.05, 4.69) is 0 Å². The van der Waals surface area contributed by atoms with Crippen molar-refractivity contribution in [2.45, 2.75) is 25.1 Å². The summed E-state index contributed by atoms with van der Waals surface area (Å²) in [4.78, 5) is 13.1. The summed E-state index contributed by atoms with van der Waals surface area (Å²) in [7, 11) is 1.53. The van der Waals surface area contributed by atoms with E-state index in [1.54, 1.807) is 0 Å². The Bertz CT molecular complexity index is 485. The Morgan fingerprint density at radius 3 is 2.67 bits per heavy atom. The van der Waals surface area contributed by atoms with E-state index in [1.807, 2.05) is 0 Å². The maximum absolute atomic E-state index is 12.6. The molecule has 1 aliphatic rings. The van der Waals surface area contributed by atoms with Crippen molar-refractivity contribution < 1.29 is 18.0 Å². The van der Waals surface area contributed by atoms with Crippen LogP contribution < -0.4 is 10.6 Å². The summed E-state index contributed by atoms with van der Waals surface area (Å²) in [6.45, 7) is 0. The average Bonchev–Trinajstić information content (AvgIpc) is 2.41. The molecule has 0 saturated heterocycles. The van der Waals surface area contributed by atoms with Crippen LogP contribution in [0, 0.1) is 0 Å². The Labute approximate surface area is 102 Å². The van der Waals surface area contributed by atoms with Crippen molar-refractivity contribution in [3.63, 3.8) is 0 Å². The van der Waals surface area contributed by atoms with Crippen molar-refractivity contribution in [1.82, 2.24) is 0 Å². The van der Waals surface area contributed by atoms with Gasteiger partial charge < -0.3 is 10.6 Å². The number of rotatable bonds is 0. The molecule has 1 aromatic rings. The number of likely N-dealkylation sites (N-methyl/N-ethyl adjacent to an activating group) is 1. The van der Waals surface area contributed by atoms with Gasteiger partial charge in [-0.2, -0.15) is 13.2 Å². The second-order valence-electron chi connectivity index (χ2n) is 4.38. The Balaban J connectivity index is 2.46. The molecule has 0 aromatic heterocycles. The van der Waals surface area contributed by atoms with Crippen molar-refractivity contribution in [1.29, 1.82) is 0 Å². The smallest absolute Gasteiger partial charge is 0.320 e. The van der Waals surface area contributed by atoms with Gasteiger partial charge in [-0.15, -0.1) is 0 Å². The second kappa shape index (κ2) is 4.28. The number of anilines is 1. The van der Waals surface area contributed by atoms with E-state index in [0.29, 0.717) is 24.1 Å². The van der Waals surface area contributed by atoms with Gasteiger partial charge in [0.15, 0.2) is 0 Å². The molecule has 1 aromatic carbocycles. The zero-order valence-corrected chi connectivity index (χ0v) is 9.79. The summed E-state index contributed by atoms with van der Waals surface area (Å²) >= 11 is 0. The molecule has 2 N–H and O–H groups in total. The van der Waals surface area contributed by atoms with Gasteiger partial charge in [-0.25, -0.2) is 0 Å². The van der Waals surface area contributed by atoms with Crippen LogP contribution in [0.15, 0.2) is 18.2 Å². The Kier molecular flexibility index (Phi) is 3.06. The fourth-order valence-corrected chi connectivity index (χ4v) is 2.09. The minimum atomic E-state index is -4.37. The van der Waals surface area contributed by atoms with Crippen LogP contribution in [0.3, 0.4) is 0 Å². The molecule has 0 saturated carbocycles. The van der Waals surface area contributed by atoms with Crippen LogP contribution in [-0.2, 0) is 17.4 Å². The Morgan fingerprint density at radius 1 is 1.39 bits per heavy atom. The zero-order valence-electron chi connectivity index (χ0n) is 9.79. The average molecular weight is 258 g/mol. The molecule has 6 heteroatoms. The maximum Gasteiger partial charge on any atom is 0.416 e. The number of amides is 1. The third kappa shape index (κ3) is 2.20. The highest BCUT2D eigenvalue weighted by Gasteiger charge is 2.32. The fraction of sp³-hybridized carbons (Fsp3) is 0.417. The molecule has 1 heterocycles. The van der Waals surface area contributed by atoms with Crippen LogP contribution in [0.4, 0.5) is 18.9 Å². The zero-order chi connectivity index (χ0) is 13.5. The van der Waals surface area contributed by atoms with Gasteiger partial charge in [0.1, 0.15) is 0 Å². The number of aryl methyl sites for hydroxylation is 1. The minimum Gasteiger partial charge on any atom is -0.320 e. The van der Waals surface area contributed by atoms with Crippen molar-refractivity contribution in [3.05, 3.63) is 29.3 Å². The Hall–Kier alpha value is -1.56. The largest absolute Gasteiger partial charge is 0.416 e. The predicted molar refractivity (Wildman–Crippen MR) is 61.2 cm³/mol. The van der Waals surface area contributed by atoms with Crippen molar-refractivity contribution >= 4 is 11.6 Å². The summed E-state index contributed by atoms with van der Waals surface area (Å²) < 4.78 is 37.8. The molecule has 1 amide bonds. The van der Waals surface area contributed by atoms with Gasteiger partial charge in [0.2, 0.25) is 5.91 Å². The van der Waals surface area contributed by atoms with Gasteiger partial charge in [0.25, 0.3) is 0 Å². The van der Waals surface area contributed by atoms with Gasteiger partial charge in [-0.1, -0.05) is 0 Å². The number of hydrogen-bond acceptors (Lipinski definition) is 2. The van der Waals surface area contributed by atoms with Gasteiger partial charge in [-0.3, -0.25) is 4.79 Å². The van der Waals surface area contributed by atoms with Crippen LogP contribution >= 0.6 is 0 Å². The fourth-order valence-electron chi connectivity index (χ4n) is 2.09. The topological polar surface area (TPSA) is 46.3 Å². The number of hydrogen-bond donors (Lipinski definition) is 1. The molecular formula is C12H13F3N2O. The van der Waals surface area contributed by atoms with Crippen molar-refractivity contribution in [2.75, 3.05) is 11.9 Å². The summed E-state index contributed by atoms with van der Waals surface area (Å²) in [5, 5.41) is 0. The monoisotopic (exact) mass is 258 g/mol. The Morgan fingerprint density at radius 2 is 2.06 bits per heavy atom. The summed E-state index contributed by atoms with van der Waals surface area (Å²) in [6.07, 6.45) is -3.64. The van der Waals surface area contributed by atoms with Crippen LogP contribution in [0.1, 0.15) is 17.5 Å². The first-order valence-electron chi connectivity index (χ1n) is 5.54. The standard InChI is InChI=1S/C12H13F3N2O/c1-17-10-5-3-8(12(13,14)15)6-7(10)2-4-9(16)11(17)18/h3,5-6,9H,2,4,16H2,1H3. The lowest BCUT2D eigenvalue weighted by Gasteiger charge is -2.20. The first-order valence-corrected chi connectivity index (χ1v) is 5.54. The molecule has 0 bridgehead atoms. The molecule has 3 nitrogen and oxygen atoms in total. The van der Waals surface area contributed by atoms with Crippen LogP contribution in [0.5, 0.6) is 0 Å². The lowest BCUT2D eigenvalue weighted by Crippen LogP contribution is -2.40. The minimum absolute atomic E-state index is 0.270. The number of nitrogens with two attached hydrogens (primary N) is 1. The number of fused-ring (bicyclic) bond motifs is 1. The first kappa shape index (κ1) is 12.9. The van der Waals surface area contributed by atoms with Gasteiger partial charge in [0.05, 0.1) is 11.6 Å². The number of benzene rings is 1. The van der Waals surface area contributed by atoms with E-state index in [9.17, 15) is 18.0 Å². The molecule has 0 spiro atoms. The molecule has 0 aliphatic carbocycles. The van der Waals surface area contributed by atoms with E-state index < -0.39 is 17.8 Å². The highest BCUT2D eigenvalue weighted by Crippen LogP contribution is 2.34.